The largest absolute Gasteiger partial charge is 0.352 e. The molecule has 1 amide bonds. The van der Waals surface area contributed by atoms with Crippen LogP contribution in [0, 0.1) is 6.92 Å². The lowest BCUT2D eigenvalue weighted by Gasteiger charge is -2.32. The summed E-state index contributed by atoms with van der Waals surface area (Å²) < 4.78 is 27.7. The molecule has 2 aromatic carbocycles. The van der Waals surface area contributed by atoms with Crippen molar-refractivity contribution in [1.29, 1.82) is 0 Å². The maximum absolute atomic E-state index is 12.6. The monoisotopic (exact) mass is 464 g/mol. The van der Waals surface area contributed by atoms with Gasteiger partial charge >= 0.3 is 0 Å². The zero-order valence-electron chi connectivity index (χ0n) is 17.9. The molecule has 1 heterocycles. The van der Waals surface area contributed by atoms with Crippen LogP contribution in [-0.2, 0) is 10.0 Å². The Labute approximate surface area is 189 Å². The molecule has 1 saturated heterocycles. The smallest absolute Gasteiger partial charge is 0.261 e. The number of aryl methyl sites for hydroxylation is 1. The van der Waals surface area contributed by atoms with E-state index in [1.165, 1.54) is 18.2 Å². The van der Waals surface area contributed by atoms with Gasteiger partial charge in [0.25, 0.3) is 15.9 Å². The fourth-order valence-electron chi connectivity index (χ4n) is 3.37. The van der Waals surface area contributed by atoms with E-state index >= 15 is 0 Å². The number of likely N-dealkylation sites (N-methyl/N-ethyl adjacent to an activating group) is 1. The molecule has 0 radical (unpaired) electrons. The van der Waals surface area contributed by atoms with Crippen LogP contribution < -0.4 is 10.0 Å². The summed E-state index contributed by atoms with van der Waals surface area (Å²) in [7, 11) is -1.64. The van der Waals surface area contributed by atoms with Crippen molar-refractivity contribution in [2.24, 2.45) is 0 Å². The lowest BCUT2D eigenvalue weighted by molar-refractivity contribution is 0.0949. The van der Waals surface area contributed by atoms with Crippen molar-refractivity contribution < 1.29 is 13.2 Å². The highest BCUT2D eigenvalue weighted by atomic mass is 35.5. The fraction of sp³-hybridized carbons (Fsp3) is 0.409. The minimum atomic E-state index is -3.76. The van der Waals surface area contributed by atoms with E-state index in [9.17, 15) is 13.2 Å². The van der Waals surface area contributed by atoms with Crippen LogP contribution in [0.1, 0.15) is 22.3 Å². The molecule has 7 nitrogen and oxygen atoms in total. The highest BCUT2D eigenvalue weighted by molar-refractivity contribution is 7.92. The van der Waals surface area contributed by atoms with Crippen LogP contribution in [0.5, 0.6) is 0 Å². The lowest BCUT2D eigenvalue weighted by Crippen LogP contribution is -2.45. The molecule has 0 spiro atoms. The number of hydrogen-bond donors (Lipinski definition) is 2. The van der Waals surface area contributed by atoms with E-state index in [1.54, 1.807) is 24.3 Å². The highest BCUT2D eigenvalue weighted by Gasteiger charge is 2.17. The Bertz CT molecular complexity index is 1000. The highest BCUT2D eigenvalue weighted by Crippen LogP contribution is 2.23. The van der Waals surface area contributed by atoms with Crippen molar-refractivity contribution in [3.8, 4) is 0 Å². The minimum Gasteiger partial charge on any atom is -0.352 e. The molecular formula is C22H29ClN4O3S. The number of piperazine rings is 1. The molecule has 0 bridgehead atoms. The molecule has 1 fully saturated rings. The van der Waals surface area contributed by atoms with Crippen LogP contribution in [0.25, 0.3) is 0 Å². The van der Waals surface area contributed by atoms with Crippen LogP contribution in [0.3, 0.4) is 0 Å². The average molecular weight is 465 g/mol. The molecule has 2 aromatic rings. The molecule has 0 aromatic heterocycles. The molecule has 31 heavy (non-hydrogen) atoms. The first-order valence-corrected chi connectivity index (χ1v) is 12.2. The van der Waals surface area contributed by atoms with Gasteiger partial charge in [0, 0.05) is 38.4 Å². The number of benzene rings is 2. The molecule has 0 saturated carbocycles. The van der Waals surface area contributed by atoms with Crippen molar-refractivity contribution >= 4 is 33.2 Å². The maximum Gasteiger partial charge on any atom is 0.261 e. The molecular weight excluding hydrogens is 436 g/mol. The third-order valence-electron chi connectivity index (χ3n) is 5.33. The Morgan fingerprint density at radius 3 is 2.42 bits per heavy atom. The van der Waals surface area contributed by atoms with E-state index in [-0.39, 0.29) is 27.1 Å². The van der Waals surface area contributed by atoms with Crippen molar-refractivity contribution in [2.45, 2.75) is 18.2 Å². The third-order valence-corrected chi connectivity index (χ3v) is 7.05. The van der Waals surface area contributed by atoms with Gasteiger partial charge in [0.05, 0.1) is 15.5 Å². The van der Waals surface area contributed by atoms with Crippen molar-refractivity contribution in [3.05, 3.63) is 58.6 Å². The summed E-state index contributed by atoms with van der Waals surface area (Å²) in [5.74, 6) is -0.320. The van der Waals surface area contributed by atoms with Crippen LogP contribution in [-0.4, -0.2) is 70.4 Å². The summed E-state index contributed by atoms with van der Waals surface area (Å²) in [6.45, 7) is 7.55. The van der Waals surface area contributed by atoms with E-state index in [2.05, 4.69) is 26.9 Å². The number of anilines is 1. The summed E-state index contributed by atoms with van der Waals surface area (Å²) in [4.78, 5) is 17.4. The Balaban J connectivity index is 1.57. The first-order chi connectivity index (χ1) is 14.7. The molecule has 3 rings (SSSR count). The van der Waals surface area contributed by atoms with Gasteiger partial charge in [0.2, 0.25) is 0 Å². The summed E-state index contributed by atoms with van der Waals surface area (Å²) in [6.07, 6.45) is 0.840. The van der Waals surface area contributed by atoms with Gasteiger partial charge in [0.1, 0.15) is 0 Å². The van der Waals surface area contributed by atoms with Gasteiger partial charge in [-0.1, -0.05) is 29.3 Å². The normalized spacial score (nSPS) is 15.6. The maximum atomic E-state index is 12.6. The standard InChI is InChI=1S/C22H29ClN4O3S/c1-17-4-7-19(8-5-17)31(29,30)25-18-6-9-21(23)20(16-18)22(28)24-10-3-11-27-14-12-26(2)13-15-27/h4-9,16,25H,3,10-15H2,1-2H3,(H,24,28). The number of sulfonamides is 1. The summed E-state index contributed by atoms with van der Waals surface area (Å²) in [6, 6.07) is 11.1. The molecule has 9 heteroatoms. The predicted molar refractivity (Wildman–Crippen MR) is 124 cm³/mol. The van der Waals surface area contributed by atoms with Gasteiger partial charge in [-0.2, -0.15) is 0 Å². The Morgan fingerprint density at radius 2 is 1.74 bits per heavy atom. The Kier molecular flexibility index (Phi) is 7.94. The zero-order valence-corrected chi connectivity index (χ0v) is 19.5. The summed E-state index contributed by atoms with van der Waals surface area (Å²) >= 11 is 6.19. The number of hydrogen-bond acceptors (Lipinski definition) is 5. The second-order valence-electron chi connectivity index (χ2n) is 7.87. The summed E-state index contributed by atoms with van der Waals surface area (Å²) in [5, 5.41) is 3.15. The average Bonchev–Trinajstić information content (AvgIpc) is 2.74. The first kappa shape index (κ1) is 23.5. The number of nitrogens with zero attached hydrogens (tertiary/aromatic N) is 2. The molecule has 1 aliphatic heterocycles. The first-order valence-electron chi connectivity index (χ1n) is 10.3. The van der Waals surface area contributed by atoms with Gasteiger partial charge < -0.3 is 15.1 Å². The molecule has 1 aliphatic rings. The number of carbonyl (C=O) groups excluding carboxylic acids is 1. The minimum absolute atomic E-state index is 0.156. The fourth-order valence-corrected chi connectivity index (χ4v) is 4.62. The Morgan fingerprint density at radius 1 is 1.06 bits per heavy atom. The second kappa shape index (κ2) is 10.5. The van der Waals surface area contributed by atoms with E-state index in [4.69, 9.17) is 11.6 Å². The van der Waals surface area contributed by atoms with Gasteiger partial charge in [-0.25, -0.2) is 8.42 Å². The molecule has 0 aliphatic carbocycles. The van der Waals surface area contributed by atoms with E-state index in [0.717, 1.165) is 44.7 Å². The molecule has 0 atom stereocenters. The number of nitrogens with one attached hydrogen (secondary N) is 2. The predicted octanol–water partition coefficient (Wildman–Crippen LogP) is 2.82. The van der Waals surface area contributed by atoms with Crippen LogP contribution in [0.15, 0.2) is 47.4 Å². The lowest BCUT2D eigenvalue weighted by atomic mass is 10.2. The van der Waals surface area contributed by atoms with Gasteiger partial charge in [0.15, 0.2) is 0 Å². The van der Waals surface area contributed by atoms with Crippen LogP contribution >= 0.6 is 11.6 Å². The molecule has 2 N–H and O–H groups in total. The molecule has 168 valence electrons. The SMILES string of the molecule is Cc1ccc(S(=O)(=O)Nc2ccc(Cl)c(C(=O)NCCCN3CCN(C)CC3)c2)cc1. The molecule has 0 unspecified atom stereocenters. The zero-order chi connectivity index (χ0) is 22.4. The third kappa shape index (κ3) is 6.67. The van der Waals surface area contributed by atoms with Crippen molar-refractivity contribution in [1.82, 2.24) is 15.1 Å². The van der Waals surface area contributed by atoms with E-state index in [1.807, 2.05) is 6.92 Å². The second-order valence-corrected chi connectivity index (χ2v) is 9.96. The van der Waals surface area contributed by atoms with Gasteiger partial charge in [-0.05, 0) is 57.3 Å². The number of carbonyl (C=O) groups is 1. The van der Waals surface area contributed by atoms with Crippen LogP contribution in [0.2, 0.25) is 5.02 Å². The van der Waals surface area contributed by atoms with Gasteiger partial charge in [-0.15, -0.1) is 0 Å². The van der Waals surface area contributed by atoms with Crippen LogP contribution in [0.4, 0.5) is 5.69 Å². The quantitative estimate of drug-likeness (QED) is 0.587. The topological polar surface area (TPSA) is 81.7 Å². The number of rotatable bonds is 8. The summed E-state index contributed by atoms with van der Waals surface area (Å²) in [5.41, 5.74) is 1.50. The van der Waals surface area contributed by atoms with E-state index in [0.29, 0.717) is 6.54 Å². The number of halogens is 1. The Hall–Kier alpha value is -2.13. The van der Waals surface area contributed by atoms with Gasteiger partial charge in [-0.3, -0.25) is 9.52 Å². The van der Waals surface area contributed by atoms with E-state index < -0.39 is 10.0 Å². The van der Waals surface area contributed by atoms with Crippen molar-refractivity contribution in [2.75, 3.05) is 51.0 Å². The van der Waals surface area contributed by atoms with Crippen molar-refractivity contribution in [3.63, 3.8) is 0 Å². The number of amides is 1.